The number of hydrogen-bond acceptors (Lipinski definition) is 11. The third kappa shape index (κ3) is 3.83. The highest BCUT2D eigenvalue weighted by molar-refractivity contribution is 5.88. The van der Waals surface area contributed by atoms with E-state index in [1.54, 1.807) is 6.07 Å². The first-order valence-corrected chi connectivity index (χ1v) is 10.3. The second-order valence-electron chi connectivity index (χ2n) is 7.83. The van der Waals surface area contributed by atoms with Crippen molar-refractivity contribution in [3.63, 3.8) is 0 Å². The van der Waals surface area contributed by atoms with Crippen molar-refractivity contribution in [1.29, 1.82) is 0 Å². The summed E-state index contributed by atoms with van der Waals surface area (Å²) in [5.74, 6) is -0.488. The molecule has 182 valence electrons. The molecule has 0 radical (unpaired) electrons. The number of rotatable bonds is 5. The van der Waals surface area contributed by atoms with Crippen LogP contribution in [0, 0.1) is 0 Å². The van der Waals surface area contributed by atoms with E-state index in [-0.39, 0.29) is 39.5 Å². The number of hydrogen-bond donors (Lipinski definition) is 6. The summed E-state index contributed by atoms with van der Waals surface area (Å²) in [6, 6.07) is 6.84. The first-order chi connectivity index (χ1) is 16.2. The van der Waals surface area contributed by atoms with E-state index in [0.717, 1.165) is 6.07 Å². The molecule has 11 heteroatoms. The molecule has 4 rings (SSSR count). The molecule has 0 amide bonds. The van der Waals surface area contributed by atoms with Crippen LogP contribution in [-0.2, 0) is 4.74 Å². The Morgan fingerprint density at radius 3 is 2.26 bits per heavy atom. The summed E-state index contributed by atoms with van der Waals surface area (Å²) in [7, 11) is 2.67. The Labute approximate surface area is 192 Å². The van der Waals surface area contributed by atoms with Crippen LogP contribution in [0.3, 0.4) is 0 Å². The zero-order valence-electron chi connectivity index (χ0n) is 18.2. The number of phenolic OH excluding ortho intramolecular Hbond substituents is 2. The molecule has 2 heterocycles. The number of methoxy groups -OCH3 is 2. The predicted octanol–water partition coefficient (Wildman–Crippen LogP) is 0.403. The molecule has 0 saturated carbocycles. The Hall–Kier alpha value is -3.35. The summed E-state index contributed by atoms with van der Waals surface area (Å²) in [5, 5.41) is 61.0. The third-order valence-corrected chi connectivity index (χ3v) is 5.85. The Bertz CT molecular complexity index is 1270. The molecule has 11 nitrogen and oxygen atoms in total. The highest BCUT2D eigenvalue weighted by atomic mass is 16.5. The van der Waals surface area contributed by atoms with Crippen LogP contribution >= 0.6 is 0 Å². The molecular formula is C23H24O11. The van der Waals surface area contributed by atoms with E-state index in [4.69, 9.17) is 18.6 Å². The number of benzene rings is 2. The minimum absolute atomic E-state index is 0.0350. The van der Waals surface area contributed by atoms with Gasteiger partial charge in [0, 0.05) is 17.7 Å². The molecule has 5 unspecified atom stereocenters. The van der Waals surface area contributed by atoms with Gasteiger partial charge in [0.15, 0.2) is 16.9 Å². The molecule has 1 fully saturated rings. The number of phenols is 2. The van der Waals surface area contributed by atoms with Gasteiger partial charge in [-0.25, -0.2) is 0 Å². The van der Waals surface area contributed by atoms with Crippen LogP contribution in [0.5, 0.6) is 23.0 Å². The fourth-order valence-corrected chi connectivity index (χ4v) is 4.06. The maximum Gasteiger partial charge on any atom is 0.197 e. The van der Waals surface area contributed by atoms with Gasteiger partial charge in [0.05, 0.1) is 26.4 Å². The van der Waals surface area contributed by atoms with Crippen LogP contribution in [0.4, 0.5) is 0 Å². The summed E-state index contributed by atoms with van der Waals surface area (Å²) < 4.78 is 21.7. The van der Waals surface area contributed by atoms with Crippen LogP contribution in [-0.4, -0.2) is 75.9 Å². The molecule has 5 atom stereocenters. The molecule has 1 saturated heterocycles. The Kier molecular flexibility index (Phi) is 6.39. The smallest absolute Gasteiger partial charge is 0.197 e. The molecule has 0 spiro atoms. The summed E-state index contributed by atoms with van der Waals surface area (Å²) >= 11 is 0. The number of aromatic hydroxyl groups is 2. The van der Waals surface area contributed by atoms with E-state index in [9.17, 15) is 35.4 Å². The quantitative estimate of drug-likeness (QED) is 0.300. The molecule has 34 heavy (non-hydrogen) atoms. The van der Waals surface area contributed by atoms with E-state index in [1.807, 2.05) is 0 Å². The van der Waals surface area contributed by atoms with Crippen molar-refractivity contribution in [1.82, 2.24) is 0 Å². The monoisotopic (exact) mass is 476 g/mol. The Morgan fingerprint density at radius 1 is 0.941 bits per heavy atom. The predicted molar refractivity (Wildman–Crippen MR) is 117 cm³/mol. The largest absolute Gasteiger partial charge is 0.506 e. The normalized spacial score (nSPS) is 24.8. The minimum Gasteiger partial charge on any atom is -0.506 e. The van der Waals surface area contributed by atoms with E-state index in [1.165, 1.54) is 32.4 Å². The van der Waals surface area contributed by atoms with Crippen molar-refractivity contribution in [3.8, 4) is 34.3 Å². The fourth-order valence-electron chi connectivity index (χ4n) is 4.06. The number of aliphatic hydroxyl groups is 4. The second kappa shape index (κ2) is 9.12. The summed E-state index contributed by atoms with van der Waals surface area (Å²) in [5.41, 5.74) is -0.485. The van der Waals surface area contributed by atoms with Crippen LogP contribution in [0.15, 0.2) is 39.5 Å². The van der Waals surface area contributed by atoms with Crippen LogP contribution < -0.4 is 14.9 Å². The lowest BCUT2D eigenvalue weighted by Gasteiger charge is -2.40. The molecule has 0 bridgehead atoms. The van der Waals surface area contributed by atoms with Crippen LogP contribution in [0.25, 0.3) is 22.3 Å². The highest BCUT2D eigenvalue weighted by Crippen LogP contribution is 2.45. The third-order valence-electron chi connectivity index (χ3n) is 5.85. The van der Waals surface area contributed by atoms with E-state index < -0.39 is 48.3 Å². The average Bonchev–Trinajstić information content (AvgIpc) is 2.82. The maximum absolute atomic E-state index is 13.0. The lowest BCUT2D eigenvalue weighted by Crippen LogP contribution is -2.55. The van der Waals surface area contributed by atoms with Gasteiger partial charge >= 0.3 is 0 Å². The van der Waals surface area contributed by atoms with Crippen molar-refractivity contribution >= 4 is 11.0 Å². The molecule has 1 aliphatic heterocycles. The topological polar surface area (TPSA) is 179 Å². The lowest BCUT2D eigenvalue weighted by atomic mass is 9.89. The zero-order valence-corrected chi connectivity index (χ0v) is 18.2. The van der Waals surface area contributed by atoms with Crippen LogP contribution in [0.2, 0.25) is 0 Å². The van der Waals surface area contributed by atoms with Crippen molar-refractivity contribution in [2.24, 2.45) is 0 Å². The molecule has 0 aliphatic carbocycles. The van der Waals surface area contributed by atoms with Crippen molar-refractivity contribution in [3.05, 3.63) is 46.1 Å². The summed E-state index contributed by atoms with van der Waals surface area (Å²) in [4.78, 5) is 13.0. The second-order valence-corrected chi connectivity index (χ2v) is 7.83. The average molecular weight is 476 g/mol. The van der Waals surface area contributed by atoms with E-state index in [0.29, 0.717) is 5.56 Å². The molecule has 3 aromatic rings. The summed E-state index contributed by atoms with van der Waals surface area (Å²) in [6.07, 6.45) is -7.67. The number of aliphatic hydroxyl groups excluding tert-OH is 4. The van der Waals surface area contributed by atoms with Crippen molar-refractivity contribution in [2.45, 2.75) is 30.5 Å². The van der Waals surface area contributed by atoms with E-state index >= 15 is 0 Å². The molecular weight excluding hydrogens is 452 g/mol. The molecule has 6 N–H and O–H groups in total. The molecule has 1 aliphatic rings. The van der Waals surface area contributed by atoms with Gasteiger partial charge in [0.25, 0.3) is 0 Å². The number of ether oxygens (including phenoxy) is 3. The van der Waals surface area contributed by atoms with Crippen molar-refractivity contribution in [2.75, 3.05) is 20.8 Å². The van der Waals surface area contributed by atoms with Gasteiger partial charge in [-0.3, -0.25) is 4.79 Å². The Balaban J connectivity index is 1.88. The van der Waals surface area contributed by atoms with Gasteiger partial charge in [-0.05, 0) is 18.2 Å². The highest BCUT2D eigenvalue weighted by Gasteiger charge is 2.46. The van der Waals surface area contributed by atoms with Crippen molar-refractivity contribution < 1.29 is 49.3 Å². The number of fused-ring (bicyclic) bond motifs is 1. The zero-order chi connectivity index (χ0) is 24.7. The molecule has 2 aromatic carbocycles. The first-order valence-electron chi connectivity index (χ1n) is 10.3. The SMILES string of the molecule is COc1ccc(-c2cc(=O)c3c(O)c(C4OC(CO)C(O)C(O)C4O)c(OC)cc3o2)cc1O. The van der Waals surface area contributed by atoms with Gasteiger partial charge in [-0.15, -0.1) is 0 Å². The first kappa shape index (κ1) is 23.8. The maximum atomic E-state index is 13.0. The summed E-state index contributed by atoms with van der Waals surface area (Å²) in [6.45, 7) is -0.668. The lowest BCUT2D eigenvalue weighted by molar-refractivity contribution is -0.232. The minimum atomic E-state index is -1.70. The van der Waals surface area contributed by atoms with E-state index in [2.05, 4.69) is 0 Å². The van der Waals surface area contributed by atoms with Crippen LogP contribution in [0.1, 0.15) is 11.7 Å². The standard InChI is InChI=1S/C23H24O11/c1-31-12-4-3-9(5-10(12)25)13-6-11(26)17-15(33-13)7-14(32-2)18(20(17)28)23-22(30)21(29)19(27)16(8-24)34-23/h3-7,16,19,21-25,27-30H,8H2,1-2H3. The van der Waals surface area contributed by atoms with Gasteiger partial charge in [0.1, 0.15) is 58.7 Å². The van der Waals surface area contributed by atoms with Gasteiger partial charge < -0.3 is 49.3 Å². The van der Waals surface area contributed by atoms with Gasteiger partial charge in [-0.1, -0.05) is 0 Å². The Morgan fingerprint density at radius 2 is 1.65 bits per heavy atom. The molecule has 1 aromatic heterocycles. The van der Waals surface area contributed by atoms with Gasteiger partial charge in [0.2, 0.25) is 0 Å². The fraction of sp³-hybridized carbons (Fsp3) is 0.348. The van der Waals surface area contributed by atoms with Gasteiger partial charge in [-0.2, -0.15) is 0 Å².